The lowest BCUT2D eigenvalue weighted by Gasteiger charge is -2.32. The van der Waals surface area contributed by atoms with Gasteiger partial charge in [-0.2, -0.15) is 5.10 Å². The summed E-state index contributed by atoms with van der Waals surface area (Å²) in [6, 6.07) is 3.43. The van der Waals surface area contributed by atoms with E-state index in [0.29, 0.717) is 24.4 Å². The molecule has 0 aliphatic carbocycles. The number of aromatic nitrogens is 2. The van der Waals surface area contributed by atoms with Crippen LogP contribution in [0.3, 0.4) is 0 Å². The zero-order valence-corrected chi connectivity index (χ0v) is 14.9. The molecule has 25 heavy (non-hydrogen) atoms. The molecule has 0 bridgehead atoms. The third-order valence-electron chi connectivity index (χ3n) is 4.26. The fourth-order valence-corrected chi connectivity index (χ4v) is 4.44. The van der Waals surface area contributed by atoms with E-state index in [1.165, 1.54) is 12.5 Å². The zero-order valence-electron chi connectivity index (χ0n) is 14.1. The standard InChI is InChI=1S/C16H22N4O4S/c1-19-11-14(8-17-19)16(21)20-6-2-4-13(10-20)12-25(22,23)18-9-15-5-3-7-24-15/h3,5,7-8,11,13,18H,2,4,6,9-10,12H2,1H3/t13-/m1/s1. The third-order valence-corrected chi connectivity index (χ3v) is 5.75. The highest BCUT2D eigenvalue weighted by Gasteiger charge is 2.28. The predicted molar refractivity (Wildman–Crippen MR) is 91.2 cm³/mol. The van der Waals surface area contributed by atoms with Crippen molar-refractivity contribution >= 4 is 15.9 Å². The van der Waals surface area contributed by atoms with E-state index in [2.05, 4.69) is 9.82 Å². The lowest BCUT2D eigenvalue weighted by molar-refractivity contribution is 0.0684. The first-order chi connectivity index (χ1) is 11.9. The maximum atomic E-state index is 12.5. The van der Waals surface area contributed by atoms with Crippen LogP contribution >= 0.6 is 0 Å². The third kappa shape index (κ3) is 4.70. The molecule has 0 saturated carbocycles. The monoisotopic (exact) mass is 366 g/mol. The summed E-state index contributed by atoms with van der Waals surface area (Å²) in [5, 5.41) is 4.01. The van der Waals surface area contributed by atoms with E-state index >= 15 is 0 Å². The van der Waals surface area contributed by atoms with Gasteiger partial charge in [0.2, 0.25) is 10.0 Å². The Morgan fingerprint density at radius 3 is 3.00 bits per heavy atom. The van der Waals surface area contributed by atoms with Crippen molar-refractivity contribution in [1.29, 1.82) is 0 Å². The first-order valence-corrected chi connectivity index (χ1v) is 9.86. The lowest BCUT2D eigenvalue weighted by atomic mass is 9.99. The van der Waals surface area contributed by atoms with E-state index in [1.54, 1.807) is 35.0 Å². The second kappa shape index (κ2) is 7.40. The van der Waals surface area contributed by atoms with Crippen LogP contribution in [0.1, 0.15) is 29.0 Å². The van der Waals surface area contributed by atoms with Crippen molar-refractivity contribution in [2.24, 2.45) is 13.0 Å². The summed E-state index contributed by atoms with van der Waals surface area (Å²) in [5.74, 6) is 0.396. The summed E-state index contributed by atoms with van der Waals surface area (Å²) < 4.78 is 33.8. The molecular formula is C16H22N4O4S. The second-order valence-electron chi connectivity index (χ2n) is 6.34. The molecule has 1 atom stereocenters. The minimum absolute atomic E-state index is 0.00449. The number of rotatable bonds is 6. The van der Waals surface area contributed by atoms with Crippen LogP contribution in [0.25, 0.3) is 0 Å². The number of likely N-dealkylation sites (tertiary alicyclic amines) is 1. The average Bonchev–Trinajstić information content (AvgIpc) is 3.24. The predicted octanol–water partition coefficient (Wildman–Crippen LogP) is 0.985. The van der Waals surface area contributed by atoms with Gasteiger partial charge >= 0.3 is 0 Å². The van der Waals surface area contributed by atoms with Gasteiger partial charge in [-0.25, -0.2) is 13.1 Å². The lowest BCUT2D eigenvalue weighted by Crippen LogP contribution is -2.43. The fraction of sp³-hybridized carbons (Fsp3) is 0.500. The number of amides is 1. The van der Waals surface area contributed by atoms with E-state index < -0.39 is 10.0 Å². The van der Waals surface area contributed by atoms with Gasteiger partial charge in [0.15, 0.2) is 0 Å². The number of carbonyl (C=O) groups is 1. The summed E-state index contributed by atoms with van der Waals surface area (Å²) >= 11 is 0. The Morgan fingerprint density at radius 2 is 2.32 bits per heavy atom. The van der Waals surface area contributed by atoms with E-state index in [4.69, 9.17) is 4.42 Å². The van der Waals surface area contributed by atoms with Crippen LogP contribution in [-0.2, 0) is 23.6 Å². The summed E-state index contributed by atoms with van der Waals surface area (Å²) in [6.07, 6.45) is 6.30. The molecule has 2 aromatic heterocycles. The molecule has 2 aromatic rings. The first kappa shape index (κ1) is 17.7. The van der Waals surface area contributed by atoms with Crippen LogP contribution < -0.4 is 4.72 Å². The Labute approximate surface area is 146 Å². The van der Waals surface area contributed by atoms with Crippen molar-refractivity contribution in [2.75, 3.05) is 18.8 Å². The van der Waals surface area contributed by atoms with Gasteiger partial charge in [0.05, 0.1) is 30.3 Å². The molecule has 3 rings (SSSR count). The minimum Gasteiger partial charge on any atom is -0.468 e. The molecule has 1 N–H and O–H groups in total. The van der Waals surface area contributed by atoms with Crippen LogP contribution in [0.2, 0.25) is 0 Å². The Kier molecular flexibility index (Phi) is 5.24. The Balaban J connectivity index is 1.56. The van der Waals surface area contributed by atoms with Crippen molar-refractivity contribution in [3.8, 4) is 0 Å². The Hall–Kier alpha value is -2.13. The van der Waals surface area contributed by atoms with Gasteiger partial charge in [-0.15, -0.1) is 0 Å². The highest BCUT2D eigenvalue weighted by molar-refractivity contribution is 7.89. The number of nitrogens with zero attached hydrogens (tertiary/aromatic N) is 3. The van der Waals surface area contributed by atoms with Crippen molar-refractivity contribution in [1.82, 2.24) is 19.4 Å². The maximum absolute atomic E-state index is 12.5. The number of furan rings is 1. The van der Waals surface area contributed by atoms with Gasteiger partial charge in [0.25, 0.3) is 5.91 Å². The highest BCUT2D eigenvalue weighted by atomic mass is 32.2. The minimum atomic E-state index is -3.43. The van der Waals surface area contributed by atoms with E-state index in [1.807, 2.05) is 0 Å². The number of aryl methyl sites for hydroxylation is 1. The van der Waals surface area contributed by atoms with E-state index in [9.17, 15) is 13.2 Å². The molecule has 0 spiro atoms. The highest BCUT2D eigenvalue weighted by Crippen LogP contribution is 2.20. The van der Waals surface area contributed by atoms with Crippen molar-refractivity contribution in [3.63, 3.8) is 0 Å². The molecule has 8 nitrogen and oxygen atoms in total. The van der Waals surface area contributed by atoms with Crippen molar-refractivity contribution < 1.29 is 17.6 Å². The molecule has 0 unspecified atom stereocenters. The number of hydrogen-bond donors (Lipinski definition) is 1. The summed E-state index contributed by atoms with van der Waals surface area (Å²) in [6.45, 7) is 1.22. The van der Waals surface area contributed by atoms with E-state index in [-0.39, 0.29) is 24.1 Å². The average molecular weight is 366 g/mol. The molecule has 136 valence electrons. The van der Waals surface area contributed by atoms with E-state index in [0.717, 1.165) is 12.8 Å². The van der Waals surface area contributed by atoms with Crippen LogP contribution in [0, 0.1) is 5.92 Å². The van der Waals surface area contributed by atoms with Gasteiger partial charge in [0, 0.05) is 26.3 Å². The number of carbonyl (C=O) groups excluding carboxylic acids is 1. The molecule has 1 fully saturated rings. The molecule has 0 aromatic carbocycles. The molecule has 1 aliphatic rings. The molecule has 1 amide bonds. The molecule has 1 aliphatic heterocycles. The summed E-state index contributed by atoms with van der Waals surface area (Å²) in [4.78, 5) is 14.2. The van der Waals surface area contributed by atoms with Gasteiger partial charge in [-0.05, 0) is 30.9 Å². The second-order valence-corrected chi connectivity index (χ2v) is 8.20. The Bertz CT molecular complexity index is 813. The molecule has 9 heteroatoms. The van der Waals surface area contributed by atoms with Gasteiger partial charge < -0.3 is 9.32 Å². The summed E-state index contributed by atoms with van der Waals surface area (Å²) in [7, 11) is -1.67. The van der Waals surface area contributed by atoms with Crippen molar-refractivity contribution in [3.05, 3.63) is 42.1 Å². The first-order valence-electron chi connectivity index (χ1n) is 8.20. The fourth-order valence-electron chi connectivity index (χ4n) is 3.06. The molecule has 0 radical (unpaired) electrons. The van der Waals surface area contributed by atoms with Crippen LogP contribution in [-0.4, -0.2) is 47.8 Å². The molecule has 1 saturated heterocycles. The normalized spacial score (nSPS) is 18.4. The zero-order chi connectivity index (χ0) is 17.9. The number of hydrogen-bond acceptors (Lipinski definition) is 5. The molecular weight excluding hydrogens is 344 g/mol. The van der Waals surface area contributed by atoms with Gasteiger partial charge in [-0.3, -0.25) is 9.48 Å². The number of nitrogens with one attached hydrogen (secondary N) is 1. The Morgan fingerprint density at radius 1 is 1.48 bits per heavy atom. The quantitative estimate of drug-likeness (QED) is 0.822. The van der Waals surface area contributed by atoms with Gasteiger partial charge in [0.1, 0.15) is 5.76 Å². The van der Waals surface area contributed by atoms with Gasteiger partial charge in [-0.1, -0.05) is 0 Å². The van der Waals surface area contributed by atoms with Crippen LogP contribution in [0.15, 0.2) is 35.2 Å². The smallest absolute Gasteiger partial charge is 0.257 e. The molecule has 3 heterocycles. The maximum Gasteiger partial charge on any atom is 0.257 e. The SMILES string of the molecule is Cn1cc(C(=O)N2CCC[C@@H](CS(=O)(=O)NCc3ccco3)C2)cn1. The summed E-state index contributed by atoms with van der Waals surface area (Å²) in [5.41, 5.74) is 0.530. The number of sulfonamides is 1. The van der Waals surface area contributed by atoms with Crippen LogP contribution in [0.5, 0.6) is 0 Å². The van der Waals surface area contributed by atoms with Crippen molar-refractivity contribution in [2.45, 2.75) is 19.4 Å². The largest absolute Gasteiger partial charge is 0.468 e. The topological polar surface area (TPSA) is 97.4 Å². The van der Waals surface area contributed by atoms with Crippen LogP contribution in [0.4, 0.5) is 0 Å². The number of piperidine rings is 1.